The molecule has 1 fully saturated rings. The van der Waals surface area contributed by atoms with Crippen molar-refractivity contribution in [2.75, 3.05) is 19.7 Å². The number of aryl methyl sites for hydroxylation is 2. The van der Waals surface area contributed by atoms with E-state index < -0.39 is 0 Å². The number of morpholine rings is 1. The van der Waals surface area contributed by atoms with Crippen molar-refractivity contribution in [1.82, 2.24) is 14.7 Å². The SMILES string of the molecule is Cc1cc(C(=O)N2CCOC(c3ccc(Cl)cc3)C2)n(C)n1. The maximum atomic E-state index is 12.7. The van der Waals surface area contributed by atoms with Crippen molar-refractivity contribution in [3.05, 3.63) is 52.3 Å². The highest BCUT2D eigenvalue weighted by atomic mass is 35.5. The van der Waals surface area contributed by atoms with Gasteiger partial charge in [-0.15, -0.1) is 0 Å². The summed E-state index contributed by atoms with van der Waals surface area (Å²) in [6.07, 6.45) is -0.121. The molecule has 1 aliphatic heterocycles. The molecule has 116 valence electrons. The molecule has 0 spiro atoms. The van der Waals surface area contributed by atoms with Crippen LogP contribution in [0.5, 0.6) is 0 Å². The Morgan fingerprint density at radius 3 is 2.73 bits per heavy atom. The van der Waals surface area contributed by atoms with Gasteiger partial charge in [-0.25, -0.2) is 0 Å². The second-order valence-corrected chi connectivity index (χ2v) is 5.89. The standard InChI is InChI=1S/C16H18ClN3O2/c1-11-9-14(19(2)18-11)16(21)20-7-8-22-15(10-20)12-3-5-13(17)6-4-12/h3-6,9,15H,7-8,10H2,1-2H3. The first-order valence-electron chi connectivity index (χ1n) is 7.21. The third-order valence-corrected chi connectivity index (χ3v) is 4.07. The van der Waals surface area contributed by atoms with E-state index in [4.69, 9.17) is 16.3 Å². The molecule has 1 aliphatic rings. The minimum Gasteiger partial charge on any atom is -0.370 e. The van der Waals surface area contributed by atoms with E-state index in [1.165, 1.54) is 0 Å². The lowest BCUT2D eigenvalue weighted by Crippen LogP contribution is -2.42. The molecule has 0 aliphatic carbocycles. The monoisotopic (exact) mass is 319 g/mol. The van der Waals surface area contributed by atoms with Gasteiger partial charge in [0.1, 0.15) is 11.8 Å². The summed E-state index contributed by atoms with van der Waals surface area (Å²) in [7, 11) is 1.79. The van der Waals surface area contributed by atoms with Crippen molar-refractivity contribution in [3.8, 4) is 0 Å². The average Bonchev–Trinajstić information content (AvgIpc) is 2.86. The maximum Gasteiger partial charge on any atom is 0.272 e. The van der Waals surface area contributed by atoms with E-state index >= 15 is 0 Å². The molecule has 0 N–H and O–H groups in total. The molecule has 1 amide bonds. The fourth-order valence-electron chi connectivity index (χ4n) is 2.69. The molecule has 22 heavy (non-hydrogen) atoms. The van der Waals surface area contributed by atoms with Gasteiger partial charge < -0.3 is 9.64 Å². The Hall–Kier alpha value is -1.85. The number of carbonyl (C=O) groups excluding carboxylic acids is 1. The van der Waals surface area contributed by atoms with Gasteiger partial charge in [-0.2, -0.15) is 5.10 Å². The van der Waals surface area contributed by atoms with Gasteiger partial charge in [-0.1, -0.05) is 23.7 Å². The molecule has 0 bridgehead atoms. The number of benzene rings is 1. The molecule has 1 atom stereocenters. The number of carbonyl (C=O) groups is 1. The topological polar surface area (TPSA) is 47.4 Å². The highest BCUT2D eigenvalue weighted by molar-refractivity contribution is 6.30. The molecule has 2 aromatic rings. The Morgan fingerprint density at radius 2 is 2.09 bits per heavy atom. The predicted octanol–water partition coefficient (Wildman–Crippen LogP) is 2.60. The summed E-state index contributed by atoms with van der Waals surface area (Å²) in [5, 5.41) is 4.93. The zero-order valence-corrected chi connectivity index (χ0v) is 13.4. The summed E-state index contributed by atoms with van der Waals surface area (Å²) in [6.45, 7) is 3.53. The smallest absolute Gasteiger partial charge is 0.272 e. The van der Waals surface area contributed by atoms with Crippen LogP contribution in [-0.2, 0) is 11.8 Å². The second-order valence-electron chi connectivity index (χ2n) is 5.46. The second kappa shape index (κ2) is 6.10. The van der Waals surface area contributed by atoms with Gasteiger partial charge in [0.2, 0.25) is 0 Å². The highest BCUT2D eigenvalue weighted by Crippen LogP contribution is 2.24. The molecule has 2 heterocycles. The van der Waals surface area contributed by atoms with Crippen molar-refractivity contribution in [1.29, 1.82) is 0 Å². The molecule has 1 unspecified atom stereocenters. The van der Waals surface area contributed by atoms with Crippen LogP contribution in [0.2, 0.25) is 5.02 Å². The third-order valence-electron chi connectivity index (χ3n) is 3.82. The minimum atomic E-state index is -0.121. The summed E-state index contributed by atoms with van der Waals surface area (Å²) in [5.74, 6) is -0.00892. The number of halogens is 1. The number of amides is 1. The number of ether oxygens (including phenoxy) is 1. The van der Waals surface area contributed by atoms with Crippen molar-refractivity contribution in [3.63, 3.8) is 0 Å². The van der Waals surface area contributed by atoms with E-state index in [1.807, 2.05) is 42.2 Å². The molecule has 1 aromatic heterocycles. The number of nitrogens with zero attached hydrogens (tertiary/aromatic N) is 3. The number of aromatic nitrogens is 2. The quantitative estimate of drug-likeness (QED) is 0.855. The maximum absolute atomic E-state index is 12.7. The number of hydrogen-bond donors (Lipinski definition) is 0. The first-order valence-corrected chi connectivity index (χ1v) is 7.59. The van der Waals surface area contributed by atoms with E-state index in [0.29, 0.717) is 30.4 Å². The molecule has 0 saturated carbocycles. The zero-order valence-electron chi connectivity index (χ0n) is 12.6. The van der Waals surface area contributed by atoms with Crippen molar-refractivity contribution in [2.24, 2.45) is 7.05 Å². The van der Waals surface area contributed by atoms with Crippen LogP contribution in [-0.4, -0.2) is 40.3 Å². The molecule has 5 nitrogen and oxygen atoms in total. The molecular weight excluding hydrogens is 302 g/mol. The summed E-state index contributed by atoms with van der Waals surface area (Å²) in [4.78, 5) is 14.5. The Balaban J connectivity index is 1.76. The Kier molecular flexibility index (Phi) is 4.18. The van der Waals surface area contributed by atoms with Crippen LogP contribution in [0.15, 0.2) is 30.3 Å². The summed E-state index contributed by atoms with van der Waals surface area (Å²) in [6, 6.07) is 9.37. The number of hydrogen-bond acceptors (Lipinski definition) is 3. The molecule has 0 radical (unpaired) electrons. The van der Waals surface area contributed by atoms with Crippen molar-refractivity contribution < 1.29 is 9.53 Å². The normalized spacial score (nSPS) is 18.5. The lowest BCUT2D eigenvalue weighted by molar-refractivity contribution is -0.0231. The van der Waals surface area contributed by atoms with Crippen LogP contribution in [0.3, 0.4) is 0 Å². The van der Waals surface area contributed by atoms with E-state index in [2.05, 4.69) is 5.10 Å². The van der Waals surface area contributed by atoms with Crippen LogP contribution >= 0.6 is 11.6 Å². The Bertz CT molecular complexity index is 681. The van der Waals surface area contributed by atoms with Crippen molar-refractivity contribution in [2.45, 2.75) is 13.0 Å². The summed E-state index contributed by atoms with van der Waals surface area (Å²) < 4.78 is 7.43. The van der Waals surface area contributed by atoms with Gasteiger partial charge in [0, 0.05) is 18.6 Å². The van der Waals surface area contributed by atoms with Gasteiger partial charge in [0.05, 0.1) is 18.8 Å². The van der Waals surface area contributed by atoms with E-state index in [0.717, 1.165) is 11.3 Å². The summed E-state index contributed by atoms with van der Waals surface area (Å²) >= 11 is 5.91. The van der Waals surface area contributed by atoms with Gasteiger partial charge in [-0.05, 0) is 30.7 Å². The van der Waals surface area contributed by atoms with Gasteiger partial charge in [-0.3, -0.25) is 9.48 Å². The fraction of sp³-hybridized carbons (Fsp3) is 0.375. The predicted molar refractivity (Wildman–Crippen MR) is 84.0 cm³/mol. The number of rotatable bonds is 2. The average molecular weight is 320 g/mol. The lowest BCUT2D eigenvalue weighted by atomic mass is 10.1. The molecule has 6 heteroatoms. The first-order chi connectivity index (χ1) is 10.5. The molecular formula is C16H18ClN3O2. The molecule has 1 saturated heterocycles. The first kappa shape index (κ1) is 15.1. The van der Waals surface area contributed by atoms with Gasteiger partial charge in [0.15, 0.2) is 0 Å². The lowest BCUT2D eigenvalue weighted by Gasteiger charge is -2.33. The van der Waals surface area contributed by atoms with Crippen LogP contribution < -0.4 is 0 Å². The Labute approximate surface area is 134 Å². The largest absolute Gasteiger partial charge is 0.370 e. The minimum absolute atomic E-state index is 0.00892. The van der Waals surface area contributed by atoms with E-state index in [1.54, 1.807) is 11.7 Å². The molecule has 1 aromatic carbocycles. The van der Waals surface area contributed by atoms with E-state index in [9.17, 15) is 4.79 Å². The van der Waals surface area contributed by atoms with Gasteiger partial charge in [0.25, 0.3) is 5.91 Å². The fourth-order valence-corrected chi connectivity index (χ4v) is 2.81. The van der Waals surface area contributed by atoms with Crippen LogP contribution in [0, 0.1) is 6.92 Å². The third kappa shape index (κ3) is 3.00. The van der Waals surface area contributed by atoms with Crippen molar-refractivity contribution >= 4 is 17.5 Å². The summed E-state index contributed by atoms with van der Waals surface area (Å²) in [5.41, 5.74) is 2.48. The van der Waals surface area contributed by atoms with Crippen LogP contribution in [0.1, 0.15) is 27.8 Å². The van der Waals surface area contributed by atoms with E-state index in [-0.39, 0.29) is 12.0 Å². The zero-order chi connectivity index (χ0) is 15.7. The van der Waals surface area contributed by atoms with Gasteiger partial charge >= 0.3 is 0 Å². The molecule has 3 rings (SSSR count). The highest BCUT2D eigenvalue weighted by Gasteiger charge is 2.27. The van der Waals surface area contributed by atoms with Crippen LogP contribution in [0.4, 0.5) is 0 Å². The van der Waals surface area contributed by atoms with Crippen LogP contribution in [0.25, 0.3) is 0 Å². The Morgan fingerprint density at radius 1 is 1.36 bits per heavy atom.